The van der Waals surface area contributed by atoms with Crippen LogP contribution in [0.3, 0.4) is 0 Å². The van der Waals surface area contributed by atoms with Gasteiger partial charge in [0.15, 0.2) is 0 Å². The zero-order chi connectivity index (χ0) is 10.1. The summed E-state index contributed by atoms with van der Waals surface area (Å²) in [7, 11) is 1.96. The van der Waals surface area contributed by atoms with Crippen LogP contribution in [0, 0.1) is 12.3 Å². The number of likely N-dealkylation sites (N-methyl/N-ethyl adjacent to an activating group) is 1. The third-order valence-electron chi connectivity index (χ3n) is 2.20. The molecule has 0 fully saturated rings. The second-order valence-electron chi connectivity index (χ2n) is 3.04. The van der Waals surface area contributed by atoms with Gasteiger partial charge in [-0.05, 0) is 26.8 Å². The Bertz CT molecular complexity index is 151. The fraction of sp³-hybridized carbons (Fsp3) is 0.818. The number of hydrogen-bond donors (Lipinski definition) is 1. The fourth-order valence-corrected chi connectivity index (χ4v) is 1.49. The van der Waals surface area contributed by atoms with Crippen LogP contribution in [0.1, 0.15) is 33.1 Å². The van der Waals surface area contributed by atoms with E-state index in [1.807, 2.05) is 14.0 Å². The Balaban J connectivity index is 3.93. The first-order chi connectivity index (χ1) is 6.29. The molecule has 0 aromatic rings. The number of hydrogen-bond acceptors (Lipinski definition) is 2. The largest absolute Gasteiger partial charge is 0.377 e. The summed E-state index contributed by atoms with van der Waals surface area (Å²) in [6, 6.07) is 0.390. The van der Waals surface area contributed by atoms with Crippen molar-refractivity contribution in [3.63, 3.8) is 0 Å². The van der Waals surface area contributed by atoms with Gasteiger partial charge in [0, 0.05) is 19.1 Å². The molecule has 2 atom stereocenters. The predicted molar refractivity (Wildman–Crippen MR) is 56.6 cm³/mol. The van der Waals surface area contributed by atoms with E-state index in [4.69, 9.17) is 11.2 Å². The molecular weight excluding hydrogens is 162 g/mol. The molecule has 0 aliphatic carbocycles. The normalized spacial score (nSPS) is 14.9. The highest BCUT2D eigenvalue weighted by Crippen LogP contribution is 2.09. The van der Waals surface area contributed by atoms with Crippen molar-refractivity contribution in [2.75, 3.05) is 13.7 Å². The Morgan fingerprint density at radius 2 is 2.15 bits per heavy atom. The highest BCUT2D eigenvalue weighted by Gasteiger charge is 2.17. The van der Waals surface area contributed by atoms with Crippen molar-refractivity contribution >= 4 is 0 Å². The molecule has 0 bridgehead atoms. The zero-order valence-electron chi connectivity index (χ0n) is 8.97. The highest BCUT2D eigenvalue weighted by atomic mass is 16.5. The Labute approximate surface area is 82.1 Å². The van der Waals surface area contributed by atoms with Gasteiger partial charge in [0.05, 0.1) is 6.10 Å². The van der Waals surface area contributed by atoms with Gasteiger partial charge in [-0.1, -0.05) is 6.92 Å². The molecule has 0 saturated heterocycles. The van der Waals surface area contributed by atoms with Gasteiger partial charge >= 0.3 is 0 Å². The molecule has 0 saturated carbocycles. The minimum atomic E-state index is 0.295. The lowest BCUT2D eigenvalue weighted by Crippen LogP contribution is -2.39. The predicted octanol–water partition coefficient (Wildman–Crippen LogP) is 1.80. The molecule has 0 spiro atoms. The van der Waals surface area contributed by atoms with E-state index in [0.717, 1.165) is 25.9 Å². The van der Waals surface area contributed by atoms with E-state index < -0.39 is 0 Å². The van der Waals surface area contributed by atoms with E-state index in [9.17, 15) is 0 Å². The molecule has 0 rings (SSSR count). The van der Waals surface area contributed by atoms with Gasteiger partial charge in [0.1, 0.15) is 0 Å². The maximum atomic E-state index is 5.61. The van der Waals surface area contributed by atoms with Crippen LogP contribution in [-0.2, 0) is 4.74 Å². The van der Waals surface area contributed by atoms with Crippen molar-refractivity contribution in [2.45, 2.75) is 45.3 Å². The van der Waals surface area contributed by atoms with Gasteiger partial charge in [-0.25, -0.2) is 0 Å². The standard InChI is InChI=1S/C11H21NO/c1-5-8-9-10(12-4)11(6-2)13-7-3/h1,10-12H,6-9H2,2-4H3. The first-order valence-electron chi connectivity index (χ1n) is 5.02. The van der Waals surface area contributed by atoms with E-state index in [0.29, 0.717) is 12.1 Å². The lowest BCUT2D eigenvalue weighted by Gasteiger charge is -2.25. The molecular formula is C11H21NO. The van der Waals surface area contributed by atoms with Crippen molar-refractivity contribution in [1.82, 2.24) is 5.32 Å². The van der Waals surface area contributed by atoms with Gasteiger partial charge in [0.2, 0.25) is 0 Å². The summed E-state index contributed by atoms with van der Waals surface area (Å²) in [6.07, 6.45) is 8.36. The summed E-state index contributed by atoms with van der Waals surface area (Å²) in [5.41, 5.74) is 0. The van der Waals surface area contributed by atoms with Gasteiger partial charge < -0.3 is 10.1 Å². The average molecular weight is 183 g/mol. The summed E-state index contributed by atoms with van der Waals surface area (Å²) in [6.45, 7) is 4.93. The average Bonchev–Trinajstić information content (AvgIpc) is 2.17. The Kier molecular flexibility index (Phi) is 7.77. The van der Waals surface area contributed by atoms with Crippen LogP contribution in [0.15, 0.2) is 0 Å². The number of terminal acetylenes is 1. The SMILES string of the molecule is C#CCCC(NC)C(CC)OCC. The van der Waals surface area contributed by atoms with Crippen molar-refractivity contribution in [3.8, 4) is 12.3 Å². The lowest BCUT2D eigenvalue weighted by atomic mass is 10.0. The number of rotatable bonds is 7. The van der Waals surface area contributed by atoms with E-state index >= 15 is 0 Å². The summed E-state index contributed by atoms with van der Waals surface area (Å²) < 4.78 is 5.61. The molecule has 0 aromatic carbocycles. The van der Waals surface area contributed by atoms with E-state index in [2.05, 4.69) is 18.2 Å². The van der Waals surface area contributed by atoms with Crippen molar-refractivity contribution in [3.05, 3.63) is 0 Å². The molecule has 2 nitrogen and oxygen atoms in total. The number of nitrogens with one attached hydrogen (secondary N) is 1. The highest BCUT2D eigenvalue weighted by molar-refractivity contribution is 4.87. The molecule has 0 aliphatic rings. The van der Waals surface area contributed by atoms with Crippen LogP contribution in [0.4, 0.5) is 0 Å². The maximum Gasteiger partial charge on any atom is 0.0725 e. The lowest BCUT2D eigenvalue weighted by molar-refractivity contribution is 0.0320. The second-order valence-corrected chi connectivity index (χ2v) is 3.04. The molecule has 13 heavy (non-hydrogen) atoms. The summed E-state index contributed by atoms with van der Waals surface area (Å²) in [5, 5.41) is 3.25. The Morgan fingerprint density at radius 3 is 2.54 bits per heavy atom. The molecule has 0 radical (unpaired) electrons. The van der Waals surface area contributed by atoms with Crippen LogP contribution >= 0.6 is 0 Å². The van der Waals surface area contributed by atoms with Gasteiger partial charge in [-0.15, -0.1) is 12.3 Å². The molecule has 0 heterocycles. The maximum absolute atomic E-state index is 5.61. The summed E-state index contributed by atoms with van der Waals surface area (Å²) in [4.78, 5) is 0. The fourth-order valence-electron chi connectivity index (χ4n) is 1.49. The van der Waals surface area contributed by atoms with E-state index in [1.165, 1.54) is 0 Å². The third-order valence-corrected chi connectivity index (χ3v) is 2.20. The van der Waals surface area contributed by atoms with Crippen molar-refractivity contribution < 1.29 is 4.74 Å². The van der Waals surface area contributed by atoms with Crippen LogP contribution in [-0.4, -0.2) is 25.8 Å². The first kappa shape index (κ1) is 12.5. The molecule has 1 N–H and O–H groups in total. The smallest absolute Gasteiger partial charge is 0.0725 e. The van der Waals surface area contributed by atoms with Crippen LogP contribution in [0.25, 0.3) is 0 Å². The molecule has 0 aromatic heterocycles. The first-order valence-corrected chi connectivity index (χ1v) is 5.02. The van der Waals surface area contributed by atoms with Crippen molar-refractivity contribution in [1.29, 1.82) is 0 Å². The summed E-state index contributed by atoms with van der Waals surface area (Å²) in [5.74, 6) is 2.66. The van der Waals surface area contributed by atoms with Crippen molar-refractivity contribution in [2.24, 2.45) is 0 Å². The molecule has 76 valence electrons. The van der Waals surface area contributed by atoms with E-state index in [1.54, 1.807) is 0 Å². The van der Waals surface area contributed by atoms with Gasteiger partial charge in [-0.3, -0.25) is 0 Å². The zero-order valence-corrected chi connectivity index (χ0v) is 8.97. The minimum absolute atomic E-state index is 0.295. The van der Waals surface area contributed by atoms with Crippen LogP contribution < -0.4 is 5.32 Å². The van der Waals surface area contributed by atoms with Crippen LogP contribution in [0.5, 0.6) is 0 Å². The van der Waals surface area contributed by atoms with Crippen LogP contribution in [0.2, 0.25) is 0 Å². The number of ether oxygens (including phenoxy) is 1. The third kappa shape index (κ3) is 4.92. The van der Waals surface area contributed by atoms with Gasteiger partial charge in [0.25, 0.3) is 0 Å². The monoisotopic (exact) mass is 183 g/mol. The molecule has 2 heteroatoms. The van der Waals surface area contributed by atoms with E-state index in [-0.39, 0.29) is 0 Å². The summed E-state index contributed by atoms with van der Waals surface area (Å²) >= 11 is 0. The quantitative estimate of drug-likeness (QED) is 0.608. The topological polar surface area (TPSA) is 21.3 Å². The molecule has 2 unspecified atom stereocenters. The minimum Gasteiger partial charge on any atom is -0.377 e. The Hall–Kier alpha value is -0.520. The van der Waals surface area contributed by atoms with Gasteiger partial charge in [-0.2, -0.15) is 0 Å². The molecule has 0 amide bonds. The molecule has 0 aliphatic heterocycles. The Morgan fingerprint density at radius 1 is 1.46 bits per heavy atom. The second kappa shape index (κ2) is 8.10.